The van der Waals surface area contributed by atoms with Crippen molar-refractivity contribution in [3.05, 3.63) is 58.1 Å². The van der Waals surface area contributed by atoms with Crippen molar-refractivity contribution < 1.29 is 9.53 Å². The molecule has 6 heteroatoms. The van der Waals surface area contributed by atoms with Gasteiger partial charge in [0.05, 0.1) is 12.7 Å². The van der Waals surface area contributed by atoms with E-state index in [0.29, 0.717) is 23.3 Å². The highest BCUT2D eigenvalue weighted by Gasteiger charge is 2.29. The summed E-state index contributed by atoms with van der Waals surface area (Å²) in [6.07, 6.45) is 6.62. The molecule has 2 aromatic heterocycles. The van der Waals surface area contributed by atoms with Crippen LogP contribution in [0.15, 0.2) is 41.3 Å². The van der Waals surface area contributed by atoms with E-state index in [-0.39, 0.29) is 17.5 Å². The Hall–Kier alpha value is -2.63. The SMILES string of the molecule is CC[C@H](NC(=O)c1ccc(OC)nc1)[C@H]1CC[C@@H](c2cccc(=O)n2C)CC1. The van der Waals surface area contributed by atoms with Gasteiger partial charge < -0.3 is 14.6 Å². The lowest BCUT2D eigenvalue weighted by atomic mass is 9.76. The second kappa shape index (κ2) is 9.04. The Bertz CT molecular complexity index is 852. The molecule has 1 N–H and O–H groups in total. The van der Waals surface area contributed by atoms with Crippen molar-refractivity contribution in [3.8, 4) is 5.88 Å². The fraction of sp³-hybridized carbons (Fsp3) is 0.500. The summed E-state index contributed by atoms with van der Waals surface area (Å²) in [5, 5.41) is 3.19. The Morgan fingerprint density at radius 3 is 2.61 bits per heavy atom. The normalized spacial score (nSPS) is 20.4. The van der Waals surface area contributed by atoms with E-state index in [1.165, 1.54) is 0 Å². The first-order valence-corrected chi connectivity index (χ1v) is 10.00. The third kappa shape index (κ3) is 4.43. The zero-order valence-electron chi connectivity index (χ0n) is 16.9. The zero-order chi connectivity index (χ0) is 20.1. The van der Waals surface area contributed by atoms with Gasteiger partial charge in [0.25, 0.3) is 5.91 Å². The van der Waals surface area contributed by atoms with E-state index in [4.69, 9.17) is 4.74 Å². The van der Waals surface area contributed by atoms with Gasteiger partial charge in [0, 0.05) is 37.1 Å². The number of ether oxygens (including phenoxy) is 1. The van der Waals surface area contributed by atoms with E-state index in [1.54, 1.807) is 36.1 Å². The zero-order valence-corrected chi connectivity index (χ0v) is 16.9. The minimum atomic E-state index is -0.0883. The molecule has 6 nitrogen and oxygen atoms in total. The molecule has 2 heterocycles. The van der Waals surface area contributed by atoms with Gasteiger partial charge >= 0.3 is 0 Å². The second-order valence-corrected chi connectivity index (χ2v) is 7.54. The molecule has 0 saturated heterocycles. The second-order valence-electron chi connectivity index (χ2n) is 7.54. The Morgan fingerprint density at radius 1 is 1.25 bits per heavy atom. The molecule has 1 fully saturated rings. The number of nitrogens with zero attached hydrogens (tertiary/aromatic N) is 2. The van der Waals surface area contributed by atoms with Gasteiger partial charge in [-0.15, -0.1) is 0 Å². The van der Waals surface area contributed by atoms with Gasteiger partial charge in [-0.05, 0) is 56.1 Å². The molecular weight excluding hydrogens is 354 g/mol. The van der Waals surface area contributed by atoms with Gasteiger partial charge in [0.2, 0.25) is 11.4 Å². The standard InChI is InChI=1S/C22H29N3O3/c1-4-18(24-22(27)17-12-13-20(28-3)23-14-17)15-8-10-16(11-9-15)19-6-5-7-21(26)25(19)2/h5-7,12-16,18H,4,8-11H2,1-3H3,(H,24,27)/t15-,16+,18-/m0/s1. The van der Waals surface area contributed by atoms with E-state index in [2.05, 4.69) is 23.3 Å². The minimum Gasteiger partial charge on any atom is -0.481 e. The number of amides is 1. The summed E-state index contributed by atoms with van der Waals surface area (Å²) in [7, 11) is 3.40. The molecule has 150 valence electrons. The third-order valence-corrected chi connectivity index (χ3v) is 5.95. The van der Waals surface area contributed by atoms with Crippen LogP contribution >= 0.6 is 0 Å². The van der Waals surface area contributed by atoms with E-state index in [0.717, 1.165) is 37.8 Å². The van der Waals surface area contributed by atoms with Gasteiger partial charge in [-0.1, -0.05) is 13.0 Å². The molecule has 0 aliphatic heterocycles. The predicted octanol–water partition coefficient (Wildman–Crippen LogP) is 3.27. The van der Waals surface area contributed by atoms with Crippen LogP contribution in [0.1, 0.15) is 61.0 Å². The molecule has 0 bridgehead atoms. The molecule has 0 unspecified atom stereocenters. The van der Waals surface area contributed by atoms with Crippen LogP contribution in [0.5, 0.6) is 5.88 Å². The summed E-state index contributed by atoms with van der Waals surface area (Å²) in [5.41, 5.74) is 1.71. The Labute approximate surface area is 165 Å². The number of methoxy groups -OCH3 is 1. The van der Waals surface area contributed by atoms with Gasteiger partial charge in [-0.25, -0.2) is 4.98 Å². The maximum Gasteiger partial charge on any atom is 0.253 e. The molecule has 1 amide bonds. The quantitative estimate of drug-likeness (QED) is 0.831. The smallest absolute Gasteiger partial charge is 0.253 e. The number of rotatable bonds is 6. The largest absolute Gasteiger partial charge is 0.481 e. The van der Waals surface area contributed by atoms with E-state index < -0.39 is 0 Å². The van der Waals surface area contributed by atoms with Crippen LogP contribution in [0.3, 0.4) is 0 Å². The molecule has 0 spiro atoms. The topological polar surface area (TPSA) is 73.2 Å². The maximum absolute atomic E-state index is 12.6. The van der Waals surface area contributed by atoms with Crippen molar-refractivity contribution in [2.24, 2.45) is 13.0 Å². The summed E-state index contributed by atoms with van der Waals surface area (Å²) >= 11 is 0. The van der Waals surface area contributed by atoms with Crippen molar-refractivity contribution in [1.29, 1.82) is 0 Å². The van der Waals surface area contributed by atoms with Crippen molar-refractivity contribution in [2.45, 2.75) is 51.0 Å². The number of aromatic nitrogens is 2. The monoisotopic (exact) mass is 383 g/mol. The summed E-state index contributed by atoms with van der Waals surface area (Å²) in [6, 6.07) is 9.09. The van der Waals surface area contributed by atoms with Crippen molar-refractivity contribution in [2.75, 3.05) is 7.11 Å². The third-order valence-electron chi connectivity index (χ3n) is 5.95. The number of carbonyl (C=O) groups excluding carboxylic acids is 1. The number of pyridine rings is 2. The van der Waals surface area contributed by atoms with Crippen molar-refractivity contribution in [1.82, 2.24) is 14.9 Å². The molecule has 3 rings (SSSR count). The first-order valence-electron chi connectivity index (χ1n) is 10.00. The molecule has 1 atom stereocenters. The first-order chi connectivity index (χ1) is 13.5. The van der Waals surface area contributed by atoms with Gasteiger partial charge in [0.15, 0.2) is 0 Å². The fourth-order valence-electron chi connectivity index (χ4n) is 4.25. The number of hydrogen-bond acceptors (Lipinski definition) is 4. The maximum atomic E-state index is 12.6. The Kier molecular flexibility index (Phi) is 6.49. The lowest BCUT2D eigenvalue weighted by Gasteiger charge is -2.34. The van der Waals surface area contributed by atoms with Crippen LogP contribution in [0.4, 0.5) is 0 Å². The Morgan fingerprint density at radius 2 is 2.00 bits per heavy atom. The average molecular weight is 383 g/mol. The van der Waals surface area contributed by atoms with Gasteiger partial charge in [0.1, 0.15) is 0 Å². The highest BCUT2D eigenvalue weighted by Crippen LogP contribution is 2.37. The first kappa shape index (κ1) is 20.1. The molecule has 1 aliphatic carbocycles. The average Bonchev–Trinajstić information content (AvgIpc) is 2.74. The summed E-state index contributed by atoms with van der Waals surface area (Å²) in [4.78, 5) is 28.6. The van der Waals surface area contributed by atoms with Crippen LogP contribution in [0.2, 0.25) is 0 Å². The number of nitrogens with one attached hydrogen (secondary N) is 1. The molecule has 28 heavy (non-hydrogen) atoms. The summed E-state index contributed by atoms with van der Waals surface area (Å²) < 4.78 is 6.81. The van der Waals surface area contributed by atoms with E-state index in [9.17, 15) is 9.59 Å². The predicted molar refractivity (Wildman–Crippen MR) is 109 cm³/mol. The van der Waals surface area contributed by atoms with Crippen molar-refractivity contribution >= 4 is 5.91 Å². The molecule has 0 aromatic carbocycles. The van der Waals surface area contributed by atoms with Gasteiger partial charge in [-0.2, -0.15) is 0 Å². The molecule has 0 radical (unpaired) electrons. The number of carbonyl (C=O) groups is 1. The highest BCUT2D eigenvalue weighted by molar-refractivity contribution is 5.94. The summed E-state index contributed by atoms with van der Waals surface area (Å²) in [6.45, 7) is 2.12. The summed E-state index contributed by atoms with van der Waals surface area (Å²) in [5.74, 6) is 1.28. The van der Waals surface area contributed by atoms with Gasteiger partial charge in [-0.3, -0.25) is 9.59 Å². The van der Waals surface area contributed by atoms with E-state index in [1.807, 2.05) is 13.1 Å². The van der Waals surface area contributed by atoms with Crippen LogP contribution in [-0.2, 0) is 7.05 Å². The highest BCUT2D eigenvalue weighted by atomic mass is 16.5. The van der Waals surface area contributed by atoms with E-state index >= 15 is 0 Å². The lowest BCUT2D eigenvalue weighted by molar-refractivity contribution is 0.0908. The molecule has 1 aliphatic rings. The van der Waals surface area contributed by atoms with Crippen LogP contribution in [0, 0.1) is 5.92 Å². The number of hydrogen-bond donors (Lipinski definition) is 1. The minimum absolute atomic E-state index is 0.0476. The van der Waals surface area contributed by atoms with Crippen LogP contribution in [-0.4, -0.2) is 28.6 Å². The van der Waals surface area contributed by atoms with Crippen molar-refractivity contribution in [3.63, 3.8) is 0 Å². The molecular formula is C22H29N3O3. The molecule has 1 saturated carbocycles. The van der Waals surface area contributed by atoms with Crippen LogP contribution in [0.25, 0.3) is 0 Å². The lowest BCUT2D eigenvalue weighted by Crippen LogP contribution is -2.41. The fourth-order valence-corrected chi connectivity index (χ4v) is 4.25. The Balaban J connectivity index is 1.60. The van der Waals surface area contributed by atoms with Crippen LogP contribution < -0.4 is 15.6 Å². The molecule has 2 aromatic rings.